The van der Waals surface area contributed by atoms with E-state index in [1.165, 1.54) is 18.9 Å². The van der Waals surface area contributed by atoms with E-state index in [0.717, 1.165) is 0 Å². The van der Waals surface area contributed by atoms with Gasteiger partial charge in [-0.05, 0) is 12.3 Å². The highest BCUT2D eigenvalue weighted by Crippen LogP contribution is 2.43. The van der Waals surface area contributed by atoms with Gasteiger partial charge in [0.25, 0.3) is 5.92 Å². The van der Waals surface area contributed by atoms with Crippen molar-refractivity contribution < 1.29 is 18.3 Å². The standard InChI is InChI=1S/C20H20Cl2F2N4O2S/c1-29-12-7-13(30-2)16(22)14(15(12)21)11-6-10-8-25-19(31-3)27-17(10)18(26-11)28-5-4-20(23,24)9-28/h6,8,12H,4-5,7,9H2,1-3H3. The van der Waals surface area contributed by atoms with Gasteiger partial charge in [0, 0.05) is 43.7 Å². The van der Waals surface area contributed by atoms with Gasteiger partial charge >= 0.3 is 0 Å². The van der Waals surface area contributed by atoms with Crippen LogP contribution in [0.2, 0.25) is 0 Å². The Morgan fingerprint density at radius 1 is 1.26 bits per heavy atom. The van der Waals surface area contributed by atoms with Crippen LogP contribution in [0.5, 0.6) is 0 Å². The summed E-state index contributed by atoms with van der Waals surface area (Å²) in [6.45, 7) is -0.269. The molecular formula is C20H20Cl2F2N4O2S. The van der Waals surface area contributed by atoms with Crippen molar-refractivity contribution in [2.24, 2.45) is 0 Å². The molecule has 1 aliphatic heterocycles. The number of ether oxygens (including phenoxy) is 2. The number of hydrogen-bond acceptors (Lipinski definition) is 7. The van der Waals surface area contributed by atoms with Crippen LogP contribution in [0.4, 0.5) is 14.6 Å². The third-order valence-corrected chi connectivity index (χ3v) is 6.71. The lowest BCUT2D eigenvalue weighted by Crippen LogP contribution is -2.26. The van der Waals surface area contributed by atoms with Gasteiger partial charge in [0.05, 0.1) is 29.4 Å². The first-order valence-corrected chi connectivity index (χ1v) is 11.5. The Hall–Kier alpha value is -1.68. The predicted octanol–water partition coefficient (Wildman–Crippen LogP) is 5.06. The fourth-order valence-corrected chi connectivity index (χ4v) is 4.82. The van der Waals surface area contributed by atoms with Crippen LogP contribution in [0.15, 0.2) is 33.2 Å². The molecule has 0 spiro atoms. The Morgan fingerprint density at radius 3 is 2.65 bits per heavy atom. The number of allylic oxidation sites excluding steroid dienone is 2. The minimum absolute atomic E-state index is 0.164. The van der Waals surface area contributed by atoms with E-state index in [9.17, 15) is 8.78 Å². The molecule has 0 N–H and O–H groups in total. The molecule has 0 saturated carbocycles. The molecule has 3 heterocycles. The fourth-order valence-electron chi connectivity index (χ4n) is 3.72. The van der Waals surface area contributed by atoms with E-state index in [-0.39, 0.29) is 13.0 Å². The molecule has 0 amide bonds. The molecule has 6 nitrogen and oxygen atoms in total. The van der Waals surface area contributed by atoms with Crippen molar-refractivity contribution in [1.82, 2.24) is 15.0 Å². The number of anilines is 1. The molecular weight excluding hydrogens is 469 g/mol. The van der Waals surface area contributed by atoms with E-state index >= 15 is 0 Å². The summed E-state index contributed by atoms with van der Waals surface area (Å²) in [5.41, 5.74) is 1.37. The SMILES string of the molecule is COC1=C(Cl)C(c2cc3cnc(SC)nc3c(N3CCC(F)(F)C3)n2)=C(Cl)C(OC)C1. The Kier molecular flexibility index (Phi) is 6.31. The zero-order valence-corrected chi connectivity index (χ0v) is 19.4. The Bertz CT molecular complexity index is 1100. The summed E-state index contributed by atoms with van der Waals surface area (Å²) >= 11 is 14.6. The summed E-state index contributed by atoms with van der Waals surface area (Å²) in [5, 5.41) is 1.86. The molecule has 2 aliphatic rings. The van der Waals surface area contributed by atoms with Crippen LogP contribution in [0, 0.1) is 0 Å². The first-order chi connectivity index (χ1) is 14.8. The van der Waals surface area contributed by atoms with E-state index in [1.54, 1.807) is 24.3 Å². The number of thioether (sulfide) groups is 1. The first kappa shape index (κ1) is 22.5. The number of fused-ring (bicyclic) bond motifs is 1. The average Bonchev–Trinajstić information content (AvgIpc) is 3.12. The lowest BCUT2D eigenvalue weighted by molar-refractivity contribution is 0.0257. The van der Waals surface area contributed by atoms with Gasteiger partial charge < -0.3 is 14.4 Å². The van der Waals surface area contributed by atoms with E-state index in [0.29, 0.717) is 55.4 Å². The maximum atomic E-state index is 14.0. The van der Waals surface area contributed by atoms with Crippen molar-refractivity contribution in [3.63, 3.8) is 0 Å². The Labute approximate surface area is 192 Å². The van der Waals surface area contributed by atoms with Gasteiger partial charge in [-0.15, -0.1) is 0 Å². The number of hydrogen-bond donors (Lipinski definition) is 0. The van der Waals surface area contributed by atoms with Gasteiger partial charge in [-0.2, -0.15) is 0 Å². The van der Waals surface area contributed by atoms with Crippen molar-refractivity contribution in [3.05, 3.63) is 33.8 Å². The Balaban J connectivity index is 1.94. The minimum Gasteiger partial charge on any atom is -0.499 e. The molecule has 1 fully saturated rings. The second-order valence-electron chi connectivity index (χ2n) is 7.25. The molecule has 1 atom stereocenters. The van der Waals surface area contributed by atoms with E-state index < -0.39 is 18.6 Å². The van der Waals surface area contributed by atoms with Gasteiger partial charge in [0.2, 0.25) is 0 Å². The molecule has 4 rings (SSSR count). The van der Waals surface area contributed by atoms with Crippen LogP contribution < -0.4 is 4.90 Å². The largest absolute Gasteiger partial charge is 0.499 e. The maximum absolute atomic E-state index is 14.0. The van der Waals surface area contributed by atoms with E-state index in [2.05, 4.69) is 9.97 Å². The highest BCUT2D eigenvalue weighted by molar-refractivity contribution is 7.98. The van der Waals surface area contributed by atoms with E-state index in [4.69, 9.17) is 37.7 Å². The van der Waals surface area contributed by atoms with Crippen LogP contribution in [-0.2, 0) is 9.47 Å². The van der Waals surface area contributed by atoms with Crippen LogP contribution in [0.3, 0.4) is 0 Å². The molecule has 0 aromatic carbocycles. The summed E-state index contributed by atoms with van der Waals surface area (Å²) in [4.78, 5) is 15.1. The minimum atomic E-state index is -2.79. The topological polar surface area (TPSA) is 60.4 Å². The summed E-state index contributed by atoms with van der Waals surface area (Å²) in [7, 11) is 3.06. The molecule has 1 unspecified atom stereocenters. The number of rotatable bonds is 5. The van der Waals surface area contributed by atoms with Crippen LogP contribution in [0.25, 0.3) is 16.5 Å². The van der Waals surface area contributed by atoms with Crippen molar-refractivity contribution >= 4 is 57.3 Å². The number of aromatic nitrogens is 3. The number of alkyl halides is 2. The van der Waals surface area contributed by atoms with Gasteiger partial charge in [0.1, 0.15) is 17.4 Å². The molecule has 166 valence electrons. The van der Waals surface area contributed by atoms with Crippen molar-refractivity contribution in [1.29, 1.82) is 0 Å². The van der Waals surface area contributed by atoms with E-state index in [1.807, 2.05) is 6.26 Å². The van der Waals surface area contributed by atoms with Crippen molar-refractivity contribution in [2.45, 2.75) is 30.0 Å². The molecule has 1 aliphatic carbocycles. The van der Waals surface area contributed by atoms with Gasteiger partial charge in [-0.1, -0.05) is 35.0 Å². The maximum Gasteiger partial charge on any atom is 0.266 e. The lowest BCUT2D eigenvalue weighted by atomic mass is 9.98. The van der Waals surface area contributed by atoms with Crippen molar-refractivity contribution in [2.75, 3.05) is 38.5 Å². The normalized spacial score (nSPS) is 21.4. The van der Waals surface area contributed by atoms with Crippen LogP contribution in [-0.4, -0.2) is 60.5 Å². The second-order valence-corrected chi connectivity index (χ2v) is 8.80. The lowest BCUT2D eigenvalue weighted by Gasteiger charge is -2.26. The number of halogens is 4. The molecule has 0 radical (unpaired) electrons. The second kappa shape index (κ2) is 8.69. The van der Waals surface area contributed by atoms with Gasteiger partial charge in [-0.3, -0.25) is 0 Å². The zero-order chi connectivity index (χ0) is 22.3. The van der Waals surface area contributed by atoms with Crippen molar-refractivity contribution in [3.8, 4) is 0 Å². The quantitative estimate of drug-likeness (QED) is 0.430. The summed E-state index contributed by atoms with van der Waals surface area (Å²) in [6.07, 6.45) is 3.18. The molecule has 2 aromatic heterocycles. The summed E-state index contributed by atoms with van der Waals surface area (Å²) < 4.78 is 38.9. The zero-order valence-electron chi connectivity index (χ0n) is 17.1. The highest BCUT2D eigenvalue weighted by Gasteiger charge is 2.40. The van der Waals surface area contributed by atoms with Crippen LogP contribution >= 0.6 is 35.0 Å². The predicted molar refractivity (Wildman–Crippen MR) is 119 cm³/mol. The number of pyridine rings is 1. The molecule has 2 aromatic rings. The fraction of sp³-hybridized carbons (Fsp3) is 0.450. The molecule has 31 heavy (non-hydrogen) atoms. The Morgan fingerprint density at radius 2 is 2.03 bits per heavy atom. The smallest absolute Gasteiger partial charge is 0.266 e. The van der Waals surface area contributed by atoms with Crippen LogP contribution in [0.1, 0.15) is 18.5 Å². The third kappa shape index (κ3) is 4.20. The van der Waals surface area contributed by atoms with Gasteiger partial charge in [-0.25, -0.2) is 23.7 Å². The van der Waals surface area contributed by atoms with Gasteiger partial charge in [0.15, 0.2) is 11.0 Å². The number of methoxy groups -OCH3 is 2. The monoisotopic (exact) mass is 488 g/mol. The third-order valence-electron chi connectivity index (χ3n) is 5.32. The first-order valence-electron chi connectivity index (χ1n) is 9.48. The number of nitrogens with zero attached hydrogens (tertiary/aromatic N) is 4. The molecule has 11 heteroatoms. The average molecular weight is 489 g/mol. The highest BCUT2D eigenvalue weighted by atomic mass is 35.5. The summed E-state index contributed by atoms with van der Waals surface area (Å²) in [5.74, 6) is -1.93. The molecule has 0 bridgehead atoms. The summed E-state index contributed by atoms with van der Waals surface area (Å²) in [6, 6.07) is 1.75. The molecule has 1 saturated heterocycles.